The molecular formula is C10H19BrO2. The molecule has 0 bridgehead atoms. The van der Waals surface area contributed by atoms with Crippen molar-refractivity contribution in [2.45, 2.75) is 44.8 Å². The third kappa shape index (κ3) is 3.56. The topological polar surface area (TPSA) is 18.5 Å². The highest BCUT2D eigenvalue weighted by Gasteiger charge is 2.37. The minimum atomic E-state index is -0.127. The van der Waals surface area contributed by atoms with E-state index in [4.69, 9.17) is 9.47 Å². The van der Waals surface area contributed by atoms with E-state index >= 15 is 0 Å². The first-order valence-electron chi connectivity index (χ1n) is 5.17. The summed E-state index contributed by atoms with van der Waals surface area (Å²) in [6.45, 7) is 3.65. The van der Waals surface area contributed by atoms with Gasteiger partial charge in [0.1, 0.15) is 0 Å². The summed E-state index contributed by atoms with van der Waals surface area (Å²) in [5, 5.41) is 1.06. The summed E-state index contributed by atoms with van der Waals surface area (Å²) in [6, 6.07) is 0. The van der Waals surface area contributed by atoms with E-state index in [1.54, 1.807) is 0 Å². The molecule has 2 rings (SSSR count). The van der Waals surface area contributed by atoms with Crippen molar-refractivity contribution in [1.29, 1.82) is 0 Å². The molecule has 0 atom stereocenters. The third-order valence-electron chi connectivity index (χ3n) is 2.43. The molecule has 0 radical (unpaired) electrons. The van der Waals surface area contributed by atoms with E-state index in [1.807, 2.05) is 6.92 Å². The van der Waals surface area contributed by atoms with Gasteiger partial charge >= 0.3 is 0 Å². The molecule has 13 heavy (non-hydrogen) atoms. The molecule has 2 fully saturated rings. The first-order chi connectivity index (χ1) is 6.33. The second-order valence-corrected chi connectivity index (χ2v) is 4.56. The average Bonchev–Trinajstić information content (AvgIpc) is 2.56. The smallest absolute Gasteiger partial charge is 0.168 e. The number of hydrogen-bond acceptors (Lipinski definition) is 2. The van der Waals surface area contributed by atoms with Crippen molar-refractivity contribution in [3.05, 3.63) is 0 Å². The Morgan fingerprint density at radius 2 is 1.54 bits per heavy atom. The summed E-state index contributed by atoms with van der Waals surface area (Å²) in [6.07, 6.45) is 6.15. The highest BCUT2D eigenvalue weighted by Crippen LogP contribution is 2.35. The molecule has 3 heteroatoms. The van der Waals surface area contributed by atoms with E-state index in [1.165, 1.54) is 19.3 Å². The lowest BCUT2D eigenvalue weighted by Gasteiger charge is -2.30. The molecule has 0 N–H and O–H groups in total. The molecule has 0 amide bonds. The molecule has 1 heterocycles. The molecule has 78 valence electrons. The largest absolute Gasteiger partial charge is 0.348 e. The van der Waals surface area contributed by atoms with Crippen LogP contribution in [0.4, 0.5) is 0 Å². The summed E-state index contributed by atoms with van der Waals surface area (Å²) in [4.78, 5) is 0. The van der Waals surface area contributed by atoms with Gasteiger partial charge in [0.15, 0.2) is 5.79 Å². The van der Waals surface area contributed by atoms with Crippen LogP contribution < -0.4 is 0 Å². The SMILES string of the molecule is C1CCC2(CC1)OCCO2.CCBr. The Labute approximate surface area is 89.1 Å². The molecule has 2 nitrogen and oxygen atoms in total. The molecule has 0 aromatic heterocycles. The fraction of sp³-hybridized carbons (Fsp3) is 1.00. The maximum Gasteiger partial charge on any atom is 0.168 e. The monoisotopic (exact) mass is 250 g/mol. The van der Waals surface area contributed by atoms with Gasteiger partial charge in [-0.2, -0.15) is 0 Å². The maximum absolute atomic E-state index is 5.56. The molecule has 1 aliphatic heterocycles. The van der Waals surface area contributed by atoms with Crippen LogP contribution in [0.15, 0.2) is 0 Å². The first kappa shape index (κ1) is 11.5. The summed E-state index contributed by atoms with van der Waals surface area (Å²) in [5.41, 5.74) is 0. The summed E-state index contributed by atoms with van der Waals surface area (Å²) >= 11 is 3.15. The Kier molecular flexibility index (Phi) is 5.29. The fourth-order valence-electron chi connectivity index (χ4n) is 1.88. The van der Waals surface area contributed by atoms with Crippen LogP contribution in [0.5, 0.6) is 0 Å². The molecule has 1 spiro atoms. The van der Waals surface area contributed by atoms with E-state index in [0.717, 1.165) is 31.4 Å². The van der Waals surface area contributed by atoms with Crippen LogP contribution >= 0.6 is 15.9 Å². The summed E-state index contributed by atoms with van der Waals surface area (Å²) < 4.78 is 11.1. The van der Waals surface area contributed by atoms with Crippen LogP contribution in [0, 0.1) is 0 Å². The maximum atomic E-state index is 5.56. The fourth-order valence-corrected chi connectivity index (χ4v) is 1.88. The van der Waals surface area contributed by atoms with Crippen LogP contribution in [0.2, 0.25) is 0 Å². The first-order valence-corrected chi connectivity index (χ1v) is 6.29. The van der Waals surface area contributed by atoms with Gasteiger partial charge in [0, 0.05) is 18.2 Å². The van der Waals surface area contributed by atoms with E-state index in [2.05, 4.69) is 15.9 Å². The zero-order valence-corrected chi connectivity index (χ0v) is 9.94. The lowest BCUT2D eigenvalue weighted by Crippen LogP contribution is -2.32. The van der Waals surface area contributed by atoms with Crippen molar-refractivity contribution in [2.75, 3.05) is 18.5 Å². The zero-order valence-electron chi connectivity index (χ0n) is 8.35. The van der Waals surface area contributed by atoms with Crippen molar-refractivity contribution in [2.24, 2.45) is 0 Å². The third-order valence-corrected chi connectivity index (χ3v) is 2.43. The number of hydrogen-bond donors (Lipinski definition) is 0. The normalized spacial score (nSPS) is 25.4. The molecule has 0 unspecified atom stereocenters. The van der Waals surface area contributed by atoms with Crippen LogP contribution in [0.3, 0.4) is 0 Å². The lowest BCUT2D eigenvalue weighted by molar-refractivity contribution is -0.176. The minimum absolute atomic E-state index is 0.127. The highest BCUT2D eigenvalue weighted by molar-refractivity contribution is 9.09. The van der Waals surface area contributed by atoms with Gasteiger partial charge in [-0.05, 0) is 12.8 Å². The lowest BCUT2D eigenvalue weighted by atomic mass is 9.94. The molecule has 2 aliphatic rings. The van der Waals surface area contributed by atoms with Gasteiger partial charge in [-0.25, -0.2) is 0 Å². The second kappa shape index (κ2) is 5.99. The predicted molar refractivity (Wildman–Crippen MR) is 57.2 cm³/mol. The standard InChI is InChI=1S/C8H14O2.C2H5Br/c1-2-4-8(5-3-1)9-6-7-10-8;1-2-3/h1-7H2;2H2,1H3. The van der Waals surface area contributed by atoms with Gasteiger partial charge in [0.05, 0.1) is 13.2 Å². The Morgan fingerprint density at radius 3 is 2.00 bits per heavy atom. The average molecular weight is 251 g/mol. The molecule has 0 aromatic rings. The van der Waals surface area contributed by atoms with Gasteiger partial charge in [0.2, 0.25) is 0 Å². The van der Waals surface area contributed by atoms with Crippen molar-refractivity contribution in [3.63, 3.8) is 0 Å². The van der Waals surface area contributed by atoms with Crippen molar-refractivity contribution in [1.82, 2.24) is 0 Å². The molecular weight excluding hydrogens is 232 g/mol. The number of ether oxygens (including phenoxy) is 2. The van der Waals surface area contributed by atoms with E-state index in [-0.39, 0.29) is 5.79 Å². The number of alkyl halides is 1. The summed E-state index contributed by atoms with van der Waals surface area (Å²) in [7, 11) is 0. The van der Waals surface area contributed by atoms with E-state index in [0.29, 0.717) is 0 Å². The van der Waals surface area contributed by atoms with E-state index in [9.17, 15) is 0 Å². The van der Waals surface area contributed by atoms with Gasteiger partial charge < -0.3 is 9.47 Å². The Hall–Kier alpha value is 0.400. The molecule has 0 aromatic carbocycles. The number of halogens is 1. The van der Waals surface area contributed by atoms with Crippen LogP contribution in [-0.2, 0) is 9.47 Å². The molecule has 1 aliphatic carbocycles. The molecule has 1 saturated carbocycles. The zero-order chi connectivity index (χ0) is 9.57. The Morgan fingerprint density at radius 1 is 1.08 bits per heavy atom. The van der Waals surface area contributed by atoms with Gasteiger partial charge in [-0.3, -0.25) is 0 Å². The highest BCUT2D eigenvalue weighted by atomic mass is 79.9. The van der Waals surface area contributed by atoms with Gasteiger partial charge in [-0.15, -0.1) is 0 Å². The summed E-state index contributed by atoms with van der Waals surface area (Å²) in [5.74, 6) is -0.127. The molecule has 1 saturated heterocycles. The van der Waals surface area contributed by atoms with E-state index < -0.39 is 0 Å². The number of rotatable bonds is 0. The van der Waals surface area contributed by atoms with Crippen LogP contribution in [0.25, 0.3) is 0 Å². The Bertz CT molecular complexity index is 125. The van der Waals surface area contributed by atoms with Crippen LogP contribution in [0.1, 0.15) is 39.0 Å². The van der Waals surface area contributed by atoms with Gasteiger partial charge in [-0.1, -0.05) is 29.3 Å². The Balaban J connectivity index is 0.000000251. The van der Waals surface area contributed by atoms with Crippen molar-refractivity contribution >= 4 is 15.9 Å². The van der Waals surface area contributed by atoms with Crippen molar-refractivity contribution < 1.29 is 9.47 Å². The quantitative estimate of drug-likeness (QED) is 0.616. The predicted octanol–water partition coefficient (Wildman–Crippen LogP) is 3.09. The second-order valence-electron chi connectivity index (χ2n) is 3.44. The minimum Gasteiger partial charge on any atom is -0.348 e. The van der Waals surface area contributed by atoms with Gasteiger partial charge in [0.25, 0.3) is 0 Å². The van der Waals surface area contributed by atoms with Crippen molar-refractivity contribution in [3.8, 4) is 0 Å². The van der Waals surface area contributed by atoms with Crippen LogP contribution in [-0.4, -0.2) is 24.3 Å².